The summed E-state index contributed by atoms with van der Waals surface area (Å²) in [4.78, 5) is 36.6. The van der Waals surface area contributed by atoms with Crippen molar-refractivity contribution in [3.8, 4) is 5.75 Å². The third-order valence-corrected chi connectivity index (χ3v) is 8.73. The van der Waals surface area contributed by atoms with Gasteiger partial charge in [-0.3, -0.25) is 18.7 Å². The van der Waals surface area contributed by atoms with Gasteiger partial charge in [-0.15, -0.1) is 0 Å². The van der Waals surface area contributed by atoms with E-state index in [2.05, 4.69) is 29.9 Å². The van der Waals surface area contributed by atoms with E-state index in [-0.39, 0.29) is 17.6 Å². The fourth-order valence-electron chi connectivity index (χ4n) is 6.08. The number of aryl methyl sites for hydroxylation is 1. The molecule has 0 bridgehead atoms. The first kappa shape index (κ1) is 30.2. The number of hydrogen-bond acceptors (Lipinski definition) is 5. The van der Waals surface area contributed by atoms with E-state index in [1.807, 2.05) is 33.4 Å². The quantitative estimate of drug-likeness (QED) is 0.242. The van der Waals surface area contributed by atoms with Crippen LogP contribution in [0.15, 0.2) is 36.4 Å². The van der Waals surface area contributed by atoms with Crippen molar-refractivity contribution in [3.63, 3.8) is 0 Å². The van der Waals surface area contributed by atoms with Crippen LogP contribution in [0.25, 0.3) is 22.1 Å². The number of carbonyl (C=O) groups excluding carboxylic acids is 2. The number of benzene rings is 2. The van der Waals surface area contributed by atoms with Crippen LogP contribution in [0.4, 0.5) is 0 Å². The maximum Gasteiger partial charge on any atom is 0.224 e. The molecule has 0 saturated carbocycles. The van der Waals surface area contributed by atoms with E-state index >= 15 is 0 Å². The van der Waals surface area contributed by atoms with Crippen molar-refractivity contribution in [2.45, 2.75) is 72.6 Å². The van der Waals surface area contributed by atoms with Crippen molar-refractivity contribution >= 4 is 57.1 Å². The summed E-state index contributed by atoms with van der Waals surface area (Å²) in [6.45, 7) is 8.82. The summed E-state index contributed by atoms with van der Waals surface area (Å²) in [6, 6.07) is 11.0. The van der Waals surface area contributed by atoms with Gasteiger partial charge in [0.1, 0.15) is 19.1 Å². The van der Waals surface area contributed by atoms with E-state index in [1.54, 1.807) is 22.8 Å². The summed E-state index contributed by atoms with van der Waals surface area (Å²) in [5.41, 5.74) is 4.49. The topological polar surface area (TPSA) is 96.5 Å². The predicted octanol–water partition coefficient (Wildman–Crippen LogP) is 6.61. The molecule has 224 valence electrons. The number of halogens is 2. The van der Waals surface area contributed by atoms with Gasteiger partial charge in [0, 0.05) is 32.0 Å². The van der Waals surface area contributed by atoms with E-state index in [0.717, 1.165) is 66.4 Å². The molecule has 2 amide bonds. The fraction of sp³-hybridized carbons (Fsp3) is 0.484. The van der Waals surface area contributed by atoms with Crippen LogP contribution in [-0.2, 0) is 22.9 Å². The van der Waals surface area contributed by atoms with Crippen LogP contribution in [0.5, 0.6) is 5.75 Å². The molecule has 0 spiro atoms. The molecule has 6 rings (SSSR count). The zero-order chi connectivity index (χ0) is 30.0. The number of phenols is 1. The lowest BCUT2D eigenvalue weighted by Crippen LogP contribution is -2.28. The van der Waals surface area contributed by atoms with E-state index in [1.165, 1.54) is 0 Å². The summed E-state index contributed by atoms with van der Waals surface area (Å²) in [5.74, 6) is 1.46. The lowest BCUT2D eigenvalue weighted by atomic mass is 10.0. The highest BCUT2D eigenvalue weighted by Crippen LogP contribution is 2.28. The molecule has 2 saturated heterocycles. The largest absolute Gasteiger partial charge is 0.508 e. The second-order valence-electron chi connectivity index (χ2n) is 11.5. The monoisotopic (exact) mass is 612 g/mol. The zero-order valence-corrected chi connectivity index (χ0v) is 25.9. The standard InChI is InChI=1S/C16H20ClN3O.C15H18ClN3O2/c1-3-4-12-8-15(21)19(9-12)10-20-14-7-11(2)5-6-13(14)18-16(20)17;1-2-3-10-6-14(21)18(8-10)9-19-13-7-11(20)4-5-12(13)17-15(19)16/h5-7,12H,3-4,8-10H2,1-2H3;4-5,7,10,20H,2-3,6,8-9H2,1H3. The first-order chi connectivity index (χ1) is 20.2. The van der Waals surface area contributed by atoms with E-state index in [0.29, 0.717) is 48.6 Å². The molecule has 42 heavy (non-hydrogen) atoms. The zero-order valence-electron chi connectivity index (χ0n) is 24.4. The van der Waals surface area contributed by atoms with Gasteiger partial charge in [0.05, 0.1) is 22.1 Å². The van der Waals surface area contributed by atoms with E-state index in [9.17, 15) is 14.7 Å². The molecule has 2 aromatic heterocycles. The molecule has 0 aliphatic carbocycles. The second-order valence-corrected chi connectivity index (χ2v) is 12.2. The Morgan fingerprint density at radius 1 is 0.786 bits per heavy atom. The Morgan fingerprint density at radius 2 is 1.26 bits per heavy atom. The summed E-state index contributed by atoms with van der Waals surface area (Å²) >= 11 is 12.4. The number of imidazole rings is 2. The Morgan fingerprint density at radius 3 is 1.76 bits per heavy atom. The molecule has 4 aromatic rings. The molecule has 9 nitrogen and oxygen atoms in total. The van der Waals surface area contributed by atoms with Crippen molar-refractivity contribution in [2.24, 2.45) is 11.8 Å². The van der Waals surface area contributed by atoms with Gasteiger partial charge in [-0.2, -0.15) is 0 Å². The van der Waals surface area contributed by atoms with Crippen LogP contribution in [0.3, 0.4) is 0 Å². The lowest BCUT2D eigenvalue weighted by Gasteiger charge is -2.18. The summed E-state index contributed by atoms with van der Waals surface area (Å²) in [5, 5.41) is 10.4. The number of fused-ring (bicyclic) bond motifs is 2. The van der Waals surface area contributed by atoms with Gasteiger partial charge >= 0.3 is 0 Å². The number of amides is 2. The third-order valence-electron chi connectivity index (χ3n) is 8.15. The lowest BCUT2D eigenvalue weighted by molar-refractivity contribution is -0.129. The van der Waals surface area contributed by atoms with E-state index < -0.39 is 0 Å². The Bertz CT molecular complexity index is 1480. The van der Waals surface area contributed by atoms with Gasteiger partial charge in [0.25, 0.3) is 0 Å². The highest BCUT2D eigenvalue weighted by Gasteiger charge is 2.30. The number of hydrogen-bond donors (Lipinski definition) is 1. The van der Waals surface area contributed by atoms with Gasteiger partial charge in [-0.05, 0) is 84.6 Å². The van der Waals surface area contributed by atoms with Crippen LogP contribution in [-0.4, -0.2) is 58.9 Å². The average molecular weight is 614 g/mol. The molecule has 2 atom stereocenters. The normalized spacial score (nSPS) is 18.9. The Balaban J connectivity index is 0.000000168. The Labute approximate surface area is 256 Å². The highest BCUT2D eigenvalue weighted by molar-refractivity contribution is 6.29. The smallest absolute Gasteiger partial charge is 0.224 e. The molecule has 2 fully saturated rings. The number of aromatic hydroxyl groups is 1. The highest BCUT2D eigenvalue weighted by atomic mass is 35.5. The molecule has 11 heteroatoms. The number of aromatic nitrogens is 4. The van der Waals surface area contributed by atoms with Gasteiger partial charge in [-0.1, -0.05) is 32.8 Å². The van der Waals surface area contributed by atoms with Gasteiger partial charge in [0.2, 0.25) is 22.4 Å². The number of likely N-dealkylation sites (tertiary alicyclic amines) is 2. The van der Waals surface area contributed by atoms with Crippen molar-refractivity contribution in [2.75, 3.05) is 13.1 Å². The molecular formula is C31H38Cl2N6O3. The van der Waals surface area contributed by atoms with Crippen LogP contribution < -0.4 is 0 Å². The number of nitrogens with zero attached hydrogens (tertiary/aromatic N) is 6. The minimum atomic E-state index is 0.159. The first-order valence-corrected chi connectivity index (χ1v) is 15.4. The first-order valence-electron chi connectivity index (χ1n) is 14.7. The molecule has 2 aliphatic rings. The molecule has 4 heterocycles. The van der Waals surface area contributed by atoms with Gasteiger partial charge in [0.15, 0.2) is 0 Å². The maximum atomic E-state index is 12.1. The molecular weight excluding hydrogens is 575 g/mol. The van der Waals surface area contributed by atoms with Crippen molar-refractivity contribution in [1.82, 2.24) is 28.9 Å². The Hall–Kier alpha value is -3.30. The molecule has 0 radical (unpaired) electrons. The van der Waals surface area contributed by atoms with Gasteiger partial charge in [-0.25, -0.2) is 9.97 Å². The van der Waals surface area contributed by atoms with Crippen LogP contribution >= 0.6 is 23.2 Å². The average Bonchev–Trinajstić information content (AvgIpc) is 3.65. The second kappa shape index (κ2) is 12.9. The predicted molar refractivity (Wildman–Crippen MR) is 165 cm³/mol. The molecule has 2 aromatic carbocycles. The van der Waals surface area contributed by atoms with Crippen LogP contribution in [0.1, 0.15) is 57.9 Å². The molecule has 1 N–H and O–H groups in total. The molecule has 2 aliphatic heterocycles. The van der Waals surface area contributed by atoms with Crippen LogP contribution in [0.2, 0.25) is 10.6 Å². The number of phenolic OH excluding ortho intramolecular Hbond substituents is 1. The van der Waals surface area contributed by atoms with Crippen molar-refractivity contribution < 1.29 is 14.7 Å². The summed E-state index contributed by atoms with van der Waals surface area (Å²) in [6.07, 6.45) is 5.68. The number of rotatable bonds is 8. The minimum Gasteiger partial charge on any atom is -0.508 e. The molecule has 2 unspecified atom stereocenters. The fourth-order valence-corrected chi connectivity index (χ4v) is 6.55. The van der Waals surface area contributed by atoms with Crippen LogP contribution in [0, 0.1) is 18.8 Å². The third kappa shape index (κ3) is 6.52. The number of carbonyl (C=O) groups is 2. The summed E-state index contributed by atoms with van der Waals surface area (Å²) in [7, 11) is 0. The summed E-state index contributed by atoms with van der Waals surface area (Å²) < 4.78 is 3.69. The minimum absolute atomic E-state index is 0.159. The maximum absolute atomic E-state index is 12.1. The SMILES string of the molecule is CCCC1CC(=O)N(Cn2c(Cl)nc3ccc(C)cc32)C1.CCCC1CC(=O)N(Cn2c(Cl)nc3ccc(O)cc32)C1. The Kier molecular flexibility index (Phi) is 9.28. The van der Waals surface area contributed by atoms with Gasteiger partial charge < -0.3 is 14.9 Å². The van der Waals surface area contributed by atoms with Crippen molar-refractivity contribution in [3.05, 3.63) is 52.5 Å². The van der Waals surface area contributed by atoms with E-state index in [4.69, 9.17) is 23.2 Å². The van der Waals surface area contributed by atoms with Crippen molar-refractivity contribution in [1.29, 1.82) is 0 Å².